The van der Waals surface area contributed by atoms with E-state index in [-0.39, 0.29) is 18.9 Å². The molecule has 17 atom stereocenters. The van der Waals surface area contributed by atoms with Crippen molar-refractivity contribution in [2.24, 2.45) is 0 Å². The van der Waals surface area contributed by atoms with Crippen molar-refractivity contribution >= 4 is 5.91 Å². The van der Waals surface area contributed by atoms with Crippen molar-refractivity contribution < 1.29 is 89.4 Å². The van der Waals surface area contributed by atoms with Gasteiger partial charge in [0.15, 0.2) is 18.9 Å². The van der Waals surface area contributed by atoms with Gasteiger partial charge in [-0.25, -0.2) is 0 Å². The predicted octanol–water partition coefficient (Wildman–Crippen LogP) is 0.637. The standard InChI is InChI=1S/C47H83NO18/c1-3-5-7-9-11-13-14-15-17-18-20-22-24-31(52)30(48-35(53)25-23-21-19-16-12-10-8-6-4-2)29-61-45-41(59)38(56)43(33(27-50)63-45)66-47-42(60)39(57)44(34(28-51)64-47)65-46-40(58)37(55)36(54)32(26-49)62-46/h9,11,15,17,22,24,30-34,36-47,49-52,54-60H,3-8,10,12-14,16,18-21,23,25-29H2,1-2H3,(H,48,53)/b11-9+,17-15+,24-22+. The highest BCUT2D eigenvalue weighted by atomic mass is 16.8. The quantitative estimate of drug-likeness (QED) is 0.0325. The number of rotatable bonds is 32. The van der Waals surface area contributed by atoms with E-state index in [2.05, 4.69) is 43.5 Å². The maximum absolute atomic E-state index is 13.1. The lowest BCUT2D eigenvalue weighted by molar-refractivity contribution is -0.379. The van der Waals surface area contributed by atoms with E-state index in [4.69, 9.17) is 28.4 Å². The number of carbonyl (C=O) groups excluding carboxylic acids is 1. The maximum Gasteiger partial charge on any atom is 0.220 e. The predicted molar refractivity (Wildman–Crippen MR) is 240 cm³/mol. The van der Waals surface area contributed by atoms with Gasteiger partial charge in [-0.2, -0.15) is 0 Å². The zero-order chi connectivity index (χ0) is 48.4. The van der Waals surface area contributed by atoms with E-state index in [1.54, 1.807) is 6.08 Å². The molecule has 19 heteroatoms. The molecule has 3 rings (SSSR count). The minimum Gasteiger partial charge on any atom is -0.394 e. The first-order valence-electron chi connectivity index (χ1n) is 24.2. The van der Waals surface area contributed by atoms with Crippen LogP contribution >= 0.6 is 0 Å². The van der Waals surface area contributed by atoms with Gasteiger partial charge in [0.2, 0.25) is 5.91 Å². The Morgan fingerprint density at radius 1 is 0.530 bits per heavy atom. The molecule has 3 heterocycles. The minimum atomic E-state index is -1.98. The van der Waals surface area contributed by atoms with Crippen molar-refractivity contribution in [3.05, 3.63) is 36.5 Å². The van der Waals surface area contributed by atoms with Crippen molar-refractivity contribution in [3.8, 4) is 0 Å². The van der Waals surface area contributed by atoms with Gasteiger partial charge < -0.3 is 89.9 Å². The highest BCUT2D eigenvalue weighted by molar-refractivity contribution is 5.76. The molecule has 384 valence electrons. The summed E-state index contributed by atoms with van der Waals surface area (Å²) in [7, 11) is 0. The maximum atomic E-state index is 13.1. The molecule has 0 bridgehead atoms. The van der Waals surface area contributed by atoms with E-state index in [0.717, 1.165) is 44.9 Å². The Kier molecular flexibility index (Phi) is 28.9. The van der Waals surface area contributed by atoms with Crippen LogP contribution in [-0.2, 0) is 33.2 Å². The second kappa shape index (κ2) is 32.8. The van der Waals surface area contributed by atoms with Gasteiger partial charge in [0.1, 0.15) is 73.2 Å². The topological polar surface area (TPSA) is 307 Å². The molecule has 0 aromatic heterocycles. The second-order valence-electron chi connectivity index (χ2n) is 17.6. The summed E-state index contributed by atoms with van der Waals surface area (Å²) in [5.41, 5.74) is 0. The molecule has 0 aromatic rings. The molecular formula is C47H83NO18. The first-order chi connectivity index (χ1) is 31.8. The molecule has 17 unspecified atom stereocenters. The van der Waals surface area contributed by atoms with E-state index < -0.39 is 124 Å². The van der Waals surface area contributed by atoms with E-state index in [1.165, 1.54) is 44.9 Å². The zero-order valence-electron chi connectivity index (χ0n) is 38.9. The van der Waals surface area contributed by atoms with E-state index in [1.807, 2.05) is 6.08 Å². The third kappa shape index (κ3) is 19.1. The lowest BCUT2D eigenvalue weighted by atomic mass is 9.96. The Morgan fingerprint density at radius 2 is 0.970 bits per heavy atom. The van der Waals surface area contributed by atoms with Gasteiger partial charge in [0.25, 0.3) is 0 Å². The Labute approximate surface area is 390 Å². The zero-order valence-corrected chi connectivity index (χ0v) is 38.9. The third-order valence-electron chi connectivity index (χ3n) is 12.2. The monoisotopic (exact) mass is 950 g/mol. The fourth-order valence-corrected chi connectivity index (χ4v) is 8.03. The molecular weight excluding hydrogens is 867 g/mol. The number of hydrogen-bond donors (Lipinski definition) is 12. The molecule has 0 aromatic carbocycles. The van der Waals surface area contributed by atoms with E-state index in [9.17, 15) is 61.0 Å². The molecule has 0 aliphatic carbocycles. The van der Waals surface area contributed by atoms with Gasteiger partial charge in [-0.05, 0) is 38.5 Å². The number of allylic oxidation sites excluding steroid dienone is 5. The summed E-state index contributed by atoms with van der Waals surface area (Å²) in [6, 6.07) is -0.988. The van der Waals surface area contributed by atoms with Crippen LogP contribution in [0.5, 0.6) is 0 Å². The Morgan fingerprint density at radius 3 is 1.50 bits per heavy atom. The Bertz CT molecular complexity index is 1370. The third-order valence-corrected chi connectivity index (χ3v) is 12.2. The molecule has 66 heavy (non-hydrogen) atoms. The summed E-state index contributed by atoms with van der Waals surface area (Å²) in [4.78, 5) is 13.1. The number of amides is 1. The van der Waals surface area contributed by atoms with Crippen LogP contribution in [-0.4, -0.2) is 193 Å². The smallest absolute Gasteiger partial charge is 0.220 e. The summed E-state index contributed by atoms with van der Waals surface area (Å²) in [5.74, 6) is -0.298. The summed E-state index contributed by atoms with van der Waals surface area (Å²) >= 11 is 0. The van der Waals surface area contributed by atoms with Crippen molar-refractivity contribution in [1.82, 2.24) is 5.32 Å². The summed E-state index contributed by atoms with van der Waals surface area (Å²) < 4.78 is 34.0. The molecule has 0 saturated carbocycles. The van der Waals surface area contributed by atoms with Crippen LogP contribution in [0.2, 0.25) is 0 Å². The highest BCUT2D eigenvalue weighted by Gasteiger charge is 2.53. The Hall–Kier alpha value is -1.99. The van der Waals surface area contributed by atoms with Crippen LogP contribution < -0.4 is 5.32 Å². The normalized spacial score (nSPS) is 34.1. The van der Waals surface area contributed by atoms with Crippen LogP contribution in [0.1, 0.15) is 123 Å². The number of ether oxygens (including phenoxy) is 6. The lowest BCUT2D eigenvalue weighted by Gasteiger charge is -2.48. The van der Waals surface area contributed by atoms with Gasteiger partial charge in [0.05, 0.1) is 38.6 Å². The molecule has 3 saturated heterocycles. The number of aliphatic hydroxyl groups excluding tert-OH is 11. The van der Waals surface area contributed by atoms with Gasteiger partial charge >= 0.3 is 0 Å². The van der Waals surface area contributed by atoms with Gasteiger partial charge in [-0.3, -0.25) is 4.79 Å². The first kappa shape index (κ1) is 58.3. The summed E-state index contributed by atoms with van der Waals surface area (Å²) in [5, 5.41) is 119. The van der Waals surface area contributed by atoms with Crippen LogP contribution in [0.25, 0.3) is 0 Å². The fourth-order valence-electron chi connectivity index (χ4n) is 8.03. The second-order valence-corrected chi connectivity index (χ2v) is 17.6. The molecule has 3 aliphatic rings. The largest absolute Gasteiger partial charge is 0.394 e. The fraction of sp³-hybridized carbons (Fsp3) is 0.851. The molecule has 3 aliphatic heterocycles. The SMILES string of the molecule is CCCC/C=C/CC/C=C/CC/C=C/C(O)C(COC1OC(CO)C(OC2OC(CO)C(OC3OC(CO)C(O)C(O)C3O)C(O)C2O)C(O)C1O)NC(=O)CCCCCCCCCCC. The number of unbranched alkanes of at least 4 members (excludes halogenated alkanes) is 12. The number of hydrogen-bond acceptors (Lipinski definition) is 18. The van der Waals surface area contributed by atoms with Crippen LogP contribution in [0.4, 0.5) is 0 Å². The van der Waals surface area contributed by atoms with Crippen LogP contribution in [0, 0.1) is 0 Å². The van der Waals surface area contributed by atoms with Crippen LogP contribution in [0.15, 0.2) is 36.5 Å². The molecule has 1 amide bonds. The van der Waals surface area contributed by atoms with E-state index in [0.29, 0.717) is 12.8 Å². The van der Waals surface area contributed by atoms with Crippen molar-refractivity contribution in [3.63, 3.8) is 0 Å². The average molecular weight is 950 g/mol. The van der Waals surface area contributed by atoms with Crippen molar-refractivity contribution in [2.75, 3.05) is 26.4 Å². The van der Waals surface area contributed by atoms with Crippen LogP contribution in [0.3, 0.4) is 0 Å². The van der Waals surface area contributed by atoms with Gasteiger partial charge in [0, 0.05) is 6.42 Å². The molecule has 3 fully saturated rings. The molecule has 19 nitrogen and oxygen atoms in total. The van der Waals surface area contributed by atoms with Crippen molar-refractivity contribution in [1.29, 1.82) is 0 Å². The van der Waals surface area contributed by atoms with Gasteiger partial charge in [-0.1, -0.05) is 115 Å². The molecule has 12 N–H and O–H groups in total. The summed E-state index contributed by atoms with van der Waals surface area (Å²) in [6.45, 7) is 1.55. The minimum absolute atomic E-state index is 0.232. The number of nitrogens with one attached hydrogen (secondary N) is 1. The Balaban J connectivity index is 1.61. The van der Waals surface area contributed by atoms with Gasteiger partial charge in [-0.15, -0.1) is 0 Å². The summed E-state index contributed by atoms with van der Waals surface area (Å²) in [6.07, 6.45) is 1.79. The molecule has 0 spiro atoms. The number of aliphatic hydroxyl groups is 11. The highest BCUT2D eigenvalue weighted by Crippen LogP contribution is 2.33. The molecule has 0 radical (unpaired) electrons. The first-order valence-corrected chi connectivity index (χ1v) is 24.2. The van der Waals surface area contributed by atoms with E-state index >= 15 is 0 Å². The average Bonchev–Trinajstić information content (AvgIpc) is 3.31. The van der Waals surface area contributed by atoms with Crippen molar-refractivity contribution in [2.45, 2.75) is 227 Å². The lowest BCUT2D eigenvalue weighted by Crippen LogP contribution is -2.66. The number of carbonyl (C=O) groups is 1.